The molecule has 0 aliphatic rings. The van der Waals surface area contributed by atoms with E-state index >= 15 is 0 Å². The number of nitriles is 1. The highest BCUT2D eigenvalue weighted by Gasteiger charge is 1.97. The van der Waals surface area contributed by atoms with Crippen molar-refractivity contribution in [1.82, 2.24) is 5.32 Å². The first-order valence-corrected chi connectivity index (χ1v) is 7.39. The van der Waals surface area contributed by atoms with Crippen LogP contribution in [0.2, 0.25) is 0 Å². The number of aliphatic imine (C=N–C) groups is 1. The van der Waals surface area contributed by atoms with E-state index in [4.69, 9.17) is 5.26 Å². The molecule has 0 heterocycles. The van der Waals surface area contributed by atoms with Gasteiger partial charge < -0.3 is 0 Å². The predicted octanol–water partition coefficient (Wildman–Crippen LogP) is 3.84. The molecule has 3 nitrogen and oxygen atoms in total. The van der Waals surface area contributed by atoms with Crippen LogP contribution in [0.15, 0.2) is 29.3 Å². The number of thioether (sulfide) groups is 1. The van der Waals surface area contributed by atoms with Gasteiger partial charge in [0, 0.05) is 0 Å². The molecule has 4 heteroatoms. The van der Waals surface area contributed by atoms with Crippen molar-refractivity contribution in [2.24, 2.45) is 4.99 Å². The molecule has 1 aromatic rings. The standard InChI is InChI=1S/C14H19N3S/c1-3-4-5-6-12-7-9-13(10-8-12)17-14(18-2)16-11-15/h7-10H,3-6H2,1-2H3,(H,16,17). The Morgan fingerprint density at radius 3 is 2.61 bits per heavy atom. The first-order valence-electron chi connectivity index (χ1n) is 6.17. The minimum Gasteiger partial charge on any atom is -0.271 e. The number of nitrogens with one attached hydrogen (secondary N) is 1. The van der Waals surface area contributed by atoms with Crippen molar-refractivity contribution in [3.8, 4) is 6.19 Å². The fraction of sp³-hybridized carbons (Fsp3) is 0.429. The summed E-state index contributed by atoms with van der Waals surface area (Å²) in [7, 11) is 0. The number of hydrogen-bond acceptors (Lipinski definition) is 3. The van der Waals surface area contributed by atoms with Crippen molar-refractivity contribution in [2.75, 3.05) is 6.26 Å². The summed E-state index contributed by atoms with van der Waals surface area (Å²) in [5.74, 6) is 0. The van der Waals surface area contributed by atoms with Gasteiger partial charge in [0.05, 0.1) is 5.69 Å². The normalized spacial score (nSPS) is 11.1. The average Bonchev–Trinajstić information content (AvgIpc) is 2.40. The number of nitrogens with zero attached hydrogens (tertiary/aromatic N) is 2. The van der Waals surface area contributed by atoms with E-state index in [-0.39, 0.29) is 0 Å². The molecule has 1 N–H and O–H groups in total. The van der Waals surface area contributed by atoms with Crippen LogP contribution >= 0.6 is 11.8 Å². The fourth-order valence-electron chi connectivity index (χ4n) is 1.61. The van der Waals surface area contributed by atoms with Crippen LogP contribution in [0.3, 0.4) is 0 Å². The van der Waals surface area contributed by atoms with Gasteiger partial charge in [-0.3, -0.25) is 5.32 Å². The van der Waals surface area contributed by atoms with E-state index in [1.54, 1.807) is 0 Å². The molecule has 0 saturated heterocycles. The summed E-state index contributed by atoms with van der Waals surface area (Å²) in [4.78, 5) is 4.35. The molecule has 0 aliphatic heterocycles. The molecule has 1 aromatic carbocycles. The summed E-state index contributed by atoms with van der Waals surface area (Å²) >= 11 is 1.43. The van der Waals surface area contributed by atoms with Gasteiger partial charge in [-0.25, -0.2) is 4.99 Å². The van der Waals surface area contributed by atoms with Gasteiger partial charge >= 0.3 is 0 Å². The molecule has 0 atom stereocenters. The highest BCUT2D eigenvalue weighted by atomic mass is 32.2. The lowest BCUT2D eigenvalue weighted by Gasteiger charge is -2.02. The van der Waals surface area contributed by atoms with E-state index in [2.05, 4.69) is 29.4 Å². The molecule has 0 aromatic heterocycles. The van der Waals surface area contributed by atoms with Gasteiger partial charge in [-0.15, -0.1) is 0 Å². The Hall–Kier alpha value is -1.47. The van der Waals surface area contributed by atoms with Gasteiger partial charge in [0.15, 0.2) is 11.4 Å². The summed E-state index contributed by atoms with van der Waals surface area (Å²) in [5.41, 5.74) is 2.22. The number of rotatable bonds is 5. The third-order valence-corrected chi connectivity index (χ3v) is 3.17. The summed E-state index contributed by atoms with van der Waals surface area (Å²) in [6, 6.07) is 8.21. The van der Waals surface area contributed by atoms with Crippen LogP contribution in [-0.4, -0.2) is 11.4 Å². The highest BCUT2D eigenvalue weighted by Crippen LogP contribution is 2.16. The van der Waals surface area contributed by atoms with Crippen molar-refractivity contribution >= 4 is 22.6 Å². The maximum Gasteiger partial charge on any atom is 0.183 e. The van der Waals surface area contributed by atoms with Crippen LogP contribution in [-0.2, 0) is 6.42 Å². The predicted molar refractivity (Wildman–Crippen MR) is 79.0 cm³/mol. The minimum absolute atomic E-state index is 0.622. The molecule has 96 valence electrons. The molecular weight excluding hydrogens is 242 g/mol. The highest BCUT2D eigenvalue weighted by molar-refractivity contribution is 8.13. The first kappa shape index (κ1) is 14.6. The van der Waals surface area contributed by atoms with Crippen LogP contribution in [0, 0.1) is 11.5 Å². The Kier molecular flexibility index (Phi) is 6.97. The molecule has 0 unspecified atom stereocenters. The van der Waals surface area contributed by atoms with E-state index in [1.807, 2.05) is 24.6 Å². The molecule has 0 saturated carbocycles. The number of benzene rings is 1. The molecule has 0 aliphatic carbocycles. The zero-order chi connectivity index (χ0) is 13.2. The molecule has 0 fully saturated rings. The molecule has 0 radical (unpaired) electrons. The summed E-state index contributed by atoms with van der Waals surface area (Å²) in [5, 5.41) is 11.7. The second kappa shape index (κ2) is 8.60. The summed E-state index contributed by atoms with van der Waals surface area (Å²) in [6.07, 6.45) is 8.67. The molecule has 0 spiro atoms. The third kappa shape index (κ3) is 5.24. The Morgan fingerprint density at radius 1 is 1.33 bits per heavy atom. The number of unbranched alkanes of at least 4 members (excludes halogenated alkanes) is 2. The summed E-state index contributed by atoms with van der Waals surface area (Å²) < 4.78 is 0. The average molecular weight is 261 g/mol. The molecule has 0 bridgehead atoms. The van der Waals surface area contributed by atoms with Crippen molar-refractivity contribution in [2.45, 2.75) is 32.6 Å². The molecule has 18 heavy (non-hydrogen) atoms. The molecule has 1 rings (SSSR count). The second-order valence-electron chi connectivity index (χ2n) is 3.98. The summed E-state index contributed by atoms with van der Waals surface area (Å²) in [6.45, 7) is 2.21. The van der Waals surface area contributed by atoms with E-state index in [1.165, 1.54) is 36.6 Å². The largest absolute Gasteiger partial charge is 0.271 e. The Labute approximate surface area is 113 Å². The molecular formula is C14H19N3S. The minimum atomic E-state index is 0.622. The fourth-order valence-corrected chi connectivity index (χ4v) is 1.95. The van der Waals surface area contributed by atoms with Gasteiger partial charge in [-0.05, 0) is 36.8 Å². The number of hydrogen-bond donors (Lipinski definition) is 1. The van der Waals surface area contributed by atoms with E-state index in [0.717, 1.165) is 12.1 Å². The number of aryl methyl sites for hydroxylation is 1. The van der Waals surface area contributed by atoms with Crippen molar-refractivity contribution in [1.29, 1.82) is 5.26 Å². The van der Waals surface area contributed by atoms with Gasteiger partial charge in [0.25, 0.3) is 0 Å². The Balaban J connectivity index is 2.62. The van der Waals surface area contributed by atoms with Gasteiger partial charge in [-0.2, -0.15) is 5.26 Å². The van der Waals surface area contributed by atoms with Gasteiger partial charge in [0.1, 0.15) is 0 Å². The van der Waals surface area contributed by atoms with E-state index < -0.39 is 0 Å². The maximum atomic E-state index is 8.56. The van der Waals surface area contributed by atoms with Crippen molar-refractivity contribution in [3.63, 3.8) is 0 Å². The first-order chi connectivity index (χ1) is 8.80. The Bertz CT molecular complexity index is 418. The second-order valence-corrected chi connectivity index (χ2v) is 4.78. The van der Waals surface area contributed by atoms with Crippen molar-refractivity contribution in [3.05, 3.63) is 29.8 Å². The van der Waals surface area contributed by atoms with Gasteiger partial charge in [-0.1, -0.05) is 43.7 Å². The van der Waals surface area contributed by atoms with Crippen LogP contribution in [0.4, 0.5) is 5.69 Å². The number of amidine groups is 1. The molecule has 0 amide bonds. The SMILES string of the molecule is CCCCCc1ccc(N=C(NC#N)SC)cc1. The van der Waals surface area contributed by atoms with Crippen LogP contribution in [0.1, 0.15) is 31.7 Å². The Morgan fingerprint density at radius 2 is 2.06 bits per heavy atom. The van der Waals surface area contributed by atoms with Crippen LogP contribution in [0.5, 0.6) is 0 Å². The topological polar surface area (TPSA) is 48.2 Å². The van der Waals surface area contributed by atoms with E-state index in [9.17, 15) is 0 Å². The van der Waals surface area contributed by atoms with Crippen LogP contribution < -0.4 is 5.32 Å². The smallest absolute Gasteiger partial charge is 0.183 e. The lowest BCUT2D eigenvalue weighted by atomic mass is 10.1. The maximum absolute atomic E-state index is 8.56. The lowest BCUT2D eigenvalue weighted by molar-refractivity contribution is 0.717. The van der Waals surface area contributed by atoms with Gasteiger partial charge in [0.2, 0.25) is 0 Å². The van der Waals surface area contributed by atoms with Crippen molar-refractivity contribution < 1.29 is 0 Å². The van der Waals surface area contributed by atoms with E-state index in [0.29, 0.717) is 5.17 Å². The quantitative estimate of drug-likeness (QED) is 0.288. The third-order valence-electron chi connectivity index (χ3n) is 2.59. The monoisotopic (exact) mass is 261 g/mol. The van der Waals surface area contributed by atoms with Crippen LogP contribution in [0.25, 0.3) is 0 Å². The zero-order valence-corrected chi connectivity index (χ0v) is 11.8. The lowest BCUT2D eigenvalue weighted by Crippen LogP contribution is -2.12. The zero-order valence-electron chi connectivity index (χ0n) is 10.9.